The Morgan fingerprint density at radius 2 is 1.64 bits per heavy atom. The van der Waals surface area contributed by atoms with Crippen molar-refractivity contribution in [2.24, 2.45) is 0 Å². The van der Waals surface area contributed by atoms with Gasteiger partial charge in [-0.25, -0.2) is 5.06 Å². The lowest BCUT2D eigenvalue weighted by atomic mass is 9.81. The quantitative estimate of drug-likeness (QED) is 0.758. The highest BCUT2D eigenvalue weighted by Gasteiger charge is 2.47. The van der Waals surface area contributed by atoms with Gasteiger partial charge in [-0.15, -0.1) is 0 Å². The minimum atomic E-state index is -1.05. The molecule has 1 saturated heterocycles. The van der Waals surface area contributed by atoms with Gasteiger partial charge in [0.05, 0.1) is 0 Å². The predicted molar refractivity (Wildman–Crippen MR) is 97.3 cm³/mol. The van der Waals surface area contributed by atoms with Gasteiger partial charge >= 0.3 is 0 Å². The number of benzene rings is 2. The number of rotatable bonds is 2. The van der Waals surface area contributed by atoms with Gasteiger partial charge in [0, 0.05) is 12.1 Å². The number of likely N-dealkylation sites (N-methyl/N-ethyl adjacent to an activating group) is 1. The van der Waals surface area contributed by atoms with Crippen LogP contribution < -0.4 is 0 Å². The molecule has 3 rings (SSSR count). The van der Waals surface area contributed by atoms with Crippen molar-refractivity contribution in [1.29, 1.82) is 0 Å². The molecule has 0 aliphatic carbocycles. The summed E-state index contributed by atoms with van der Waals surface area (Å²) in [5, 5.41) is 1.83. The van der Waals surface area contributed by atoms with Crippen LogP contribution in [-0.4, -0.2) is 29.4 Å². The number of carbonyl (C=O) groups excluding carboxylic acids is 2. The first kappa shape index (κ1) is 17.6. The van der Waals surface area contributed by atoms with Gasteiger partial charge in [-0.3, -0.25) is 14.4 Å². The van der Waals surface area contributed by atoms with E-state index in [0.717, 1.165) is 16.7 Å². The molecule has 1 heterocycles. The van der Waals surface area contributed by atoms with Crippen molar-refractivity contribution in [3.63, 3.8) is 0 Å². The highest BCUT2D eigenvalue weighted by Crippen LogP contribution is 2.35. The van der Waals surface area contributed by atoms with Crippen LogP contribution in [0.15, 0.2) is 42.5 Å². The molecule has 0 spiro atoms. The monoisotopic (exact) mass is 357 g/mol. The molecule has 4 nitrogen and oxygen atoms in total. The topological polar surface area (TPSA) is 46.6 Å². The maximum absolute atomic E-state index is 12.9. The summed E-state index contributed by atoms with van der Waals surface area (Å²) in [6.07, 6.45) is 0. The van der Waals surface area contributed by atoms with Gasteiger partial charge in [0.15, 0.2) is 5.78 Å². The van der Waals surface area contributed by atoms with Crippen molar-refractivity contribution in [1.82, 2.24) is 5.06 Å². The lowest BCUT2D eigenvalue weighted by Gasteiger charge is -2.38. The molecule has 0 saturated carbocycles. The fourth-order valence-corrected chi connectivity index (χ4v) is 3.25. The molecule has 1 unspecified atom stereocenters. The van der Waals surface area contributed by atoms with Gasteiger partial charge in [-0.2, -0.15) is 0 Å². The minimum Gasteiger partial charge on any atom is -0.295 e. The first-order valence-electron chi connectivity index (χ1n) is 8.08. The molecule has 25 heavy (non-hydrogen) atoms. The third kappa shape index (κ3) is 3.20. The highest BCUT2D eigenvalue weighted by atomic mass is 35.5. The number of halogens is 1. The fraction of sp³-hybridized carbons (Fsp3) is 0.300. The third-order valence-corrected chi connectivity index (χ3v) is 4.80. The molecular weight excluding hydrogens is 338 g/mol. The second-order valence-corrected chi connectivity index (χ2v) is 7.25. The predicted octanol–water partition coefficient (Wildman–Crippen LogP) is 4.15. The average molecular weight is 358 g/mol. The van der Waals surface area contributed by atoms with E-state index < -0.39 is 11.5 Å². The Balaban J connectivity index is 2.09. The van der Waals surface area contributed by atoms with E-state index in [2.05, 4.69) is 0 Å². The summed E-state index contributed by atoms with van der Waals surface area (Å²) in [5.74, 6) is -1.44. The number of amides is 1. The van der Waals surface area contributed by atoms with Crippen LogP contribution >= 0.6 is 11.6 Å². The van der Waals surface area contributed by atoms with E-state index in [0.29, 0.717) is 10.6 Å². The summed E-state index contributed by atoms with van der Waals surface area (Å²) >= 11 is 5.95. The third-order valence-electron chi connectivity index (χ3n) is 4.55. The summed E-state index contributed by atoms with van der Waals surface area (Å²) in [6.45, 7) is 5.28. The Morgan fingerprint density at radius 3 is 2.28 bits per heavy atom. The van der Waals surface area contributed by atoms with Crippen LogP contribution in [0, 0.1) is 6.92 Å². The summed E-state index contributed by atoms with van der Waals surface area (Å²) in [5.41, 5.74) is 2.48. The van der Waals surface area contributed by atoms with Gasteiger partial charge in [0.1, 0.15) is 11.5 Å². The van der Waals surface area contributed by atoms with Crippen molar-refractivity contribution < 1.29 is 14.4 Å². The van der Waals surface area contributed by atoms with Crippen LogP contribution in [0.25, 0.3) is 11.1 Å². The molecule has 1 aliphatic heterocycles. The minimum absolute atomic E-state index is 0.230. The Bertz CT molecular complexity index is 843. The van der Waals surface area contributed by atoms with Crippen molar-refractivity contribution in [3.8, 4) is 11.1 Å². The zero-order chi connectivity index (χ0) is 18.4. The molecule has 0 radical (unpaired) electrons. The summed E-state index contributed by atoms with van der Waals surface area (Å²) in [4.78, 5) is 30.9. The van der Waals surface area contributed by atoms with Gasteiger partial charge in [-0.1, -0.05) is 35.9 Å². The number of nitrogens with zero attached hydrogens (tertiary/aromatic N) is 1. The number of hydrogen-bond donors (Lipinski definition) is 0. The van der Waals surface area contributed by atoms with Gasteiger partial charge in [-0.05, 0) is 61.2 Å². The molecule has 2 aromatic carbocycles. The average Bonchev–Trinajstić information content (AvgIpc) is 2.55. The Hall–Kier alpha value is -2.17. The molecule has 1 amide bonds. The standard InChI is InChI=1S/C20H20ClNO3/c1-12-5-6-14(13-7-9-15(21)10-8-13)11-16(12)17-18(23)20(2,3)25-22(4)19(17)24/h5-11,17H,1-4H3. The molecule has 5 heteroatoms. The SMILES string of the molecule is Cc1ccc(-c2ccc(Cl)cc2)cc1C1C(=O)N(C)OC(C)(C)C1=O. The van der Waals surface area contributed by atoms with Crippen LogP contribution in [0.5, 0.6) is 0 Å². The van der Waals surface area contributed by atoms with Gasteiger partial charge < -0.3 is 0 Å². The largest absolute Gasteiger partial charge is 0.295 e. The number of Topliss-reactive ketones (excluding diaryl/α,β-unsaturated/α-hetero) is 1. The second-order valence-electron chi connectivity index (χ2n) is 6.81. The zero-order valence-electron chi connectivity index (χ0n) is 14.7. The lowest BCUT2D eigenvalue weighted by molar-refractivity contribution is -0.233. The molecule has 0 bridgehead atoms. The number of hydrogen-bond acceptors (Lipinski definition) is 3. The maximum atomic E-state index is 12.9. The first-order valence-corrected chi connectivity index (χ1v) is 8.46. The van der Waals surface area contributed by atoms with Crippen molar-refractivity contribution in [2.75, 3.05) is 7.05 Å². The van der Waals surface area contributed by atoms with Crippen LogP contribution in [-0.2, 0) is 14.4 Å². The fourth-order valence-electron chi connectivity index (χ4n) is 3.12. The highest BCUT2D eigenvalue weighted by molar-refractivity contribution is 6.30. The van der Waals surface area contributed by atoms with E-state index in [1.54, 1.807) is 20.9 Å². The number of aryl methyl sites for hydroxylation is 1. The van der Waals surface area contributed by atoms with Gasteiger partial charge in [0.2, 0.25) is 0 Å². The number of hydroxylamine groups is 2. The molecule has 0 aromatic heterocycles. The lowest BCUT2D eigenvalue weighted by Crippen LogP contribution is -2.54. The Kier molecular flexibility index (Phi) is 4.43. The van der Waals surface area contributed by atoms with Crippen LogP contribution in [0.1, 0.15) is 30.9 Å². The summed E-state index contributed by atoms with van der Waals surface area (Å²) in [6, 6.07) is 13.3. The molecule has 1 aliphatic rings. The van der Waals surface area contributed by atoms with Crippen molar-refractivity contribution >= 4 is 23.3 Å². The number of ketones is 1. The van der Waals surface area contributed by atoms with E-state index in [9.17, 15) is 9.59 Å². The van der Waals surface area contributed by atoms with E-state index in [1.807, 2.05) is 49.4 Å². The second kappa shape index (κ2) is 6.28. The van der Waals surface area contributed by atoms with Crippen molar-refractivity contribution in [3.05, 3.63) is 58.6 Å². The zero-order valence-corrected chi connectivity index (χ0v) is 15.4. The summed E-state index contributed by atoms with van der Waals surface area (Å²) in [7, 11) is 1.54. The molecule has 2 aromatic rings. The molecule has 1 atom stereocenters. The maximum Gasteiger partial charge on any atom is 0.261 e. The van der Waals surface area contributed by atoms with Crippen molar-refractivity contribution in [2.45, 2.75) is 32.3 Å². The van der Waals surface area contributed by atoms with E-state index >= 15 is 0 Å². The Morgan fingerprint density at radius 1 is 1.04 bits per heavy atom. The number of carbonyl (C=O) groups is 2. The van der Waals surface area contributed by atoms with E-state index in [1.165, 1.54) is 5.06 Å². The molecular formula is C20H20ClNO3. The Labute approximate surface area is 152 Å². The smallest absolute Gasteiger partial charge is 0.261 e. The van der Waals surface area contributed by atoms with Crippen LogP contribution in [0.4, 0.5) is 0 Å². The molecule has 130 valence electrons. The van der Waals surface area contributed by atoms with E-state index in [-0.39, 0.29) is 11.7 Å². The first-order chi connectivity index (χ1) is 11.7. The van der Waals surface area contributed by atoms with Gasteiger partial charge in [0.25, 0.3) is 5.91 Å². The molecule has 0 N–H and O–H groups in total. The normalized spacial score (nSPS) is 20.0. The van der Waals surface area contributed by atoms with E-state index in [4.69, 9.17) is 16.4 Å². The van der Waals surface area contributed by atoms with Crippen LogP contribution in [0.3, 0.4) is 0 Å². The summed E-state index contributed by atoms with van der Waals surface area (Å²) < 4.78 is 0. The molecule has 1 fully saturated rings. The van der Waals surface area contributed by atoms with Crippen LogP contribution in [0.2, 0.25) is 5.02 Å².